The molecule has 0 spiro atoms. The van der Waals surface area contributed by atoms with E-state index < -0.39 is 10.1 Å². The SMILES string of the molecule is C=CC(=O)N(C)CCCS(=O)(=O)O. The van der Waals surface area contributed by atoms with Crippen molar-refractivity contribution < 1.29 is 17.8 Å². The molecule has 0 aromatic rings. The molecule has 0 aliphatic carbocycles. The van der Waals surface area contributed by atoms with Gasteiger partial charge in [-0.2, -0.15) is 8.42 Å². The smallest absolute Gasteiger partial charge is 0.264 e. The van der Waals surface area contributed by atoms with E-state index in [1.165, 1.54) is 11.9 Å². The summed E-state index contributed by atoms with van der Waals surface area (Å²) in [6.45, 7) is 3.56. The van der Waals surface area contributed by atoms with Crippen molar-refractivity contribution in [1.29, 1.82) is 0 Å². The van der Waals surface area contributed by atoms with Crippen LogP contribution in [-0.4, -0.2) is 43.1 Å². The van der Waals surface area contributed by atoms with Gasteiger partial charge in [0.2, 0.25) is 5.91 Å². The lowest BCUT2D eigenvalue weighted by Crippen LogP contribution is -2.26. The fourth-order valence-corrected chi connectivity index (χ4v) is 1.24. The van der Waals surface area contributed by atoms with Crippen molar-refractivity contribution in [2.45, 2.75) is 6.42 Å². The maximum absolute atomic E-state index is 10.9. The molecule has 76 valence electrons. The minimum atomic E-state index is -3.92. The van der Waals surface area contributed by atoms with Crippen molar-refractivity contribution in [3.05, 3.63) is 12.7 Å². The predicted octanol–water partition coefficient (Wildman–Crippen LogP) is -0.0913. The molecule has 0 radical (unpaired) electrons. The first kappa shape index (κ1) is 12.1. The van der Waals surface area contributed by atoms with Gasteiger partial charge in [0, 0.05) is 13.6 Å². The quantitative estimate of drug-likeness (QED) is 0.505. The minimum absolute atomic E-state index is 0.217. The largest absolute Gasteiger partial charge is 0.342 e. The van der Waals surface area contributed by atoms with Gasteiger partial charge in [0.05, 0.1) is 5.75 Å². The van der Waals surface area contributed by atoms with E-state index in [0.29, 0.717) is 0 Å². The highest BCUT2D eigenvalue weighted by Crippen LogP contribution is 1.93. The lowest BCUT2D eigenvalue weighted by atomic mass is 10.4. The highest BCUT2D eigenvalue weighted by atomic mass is 32.2. The van der Waals surface area contributed by atoms with Crippen molar-refractivity contribution in [1.82, 2.24) is 4.90 Å². The van der Waals surface area contributed by atoms with Gasteiger partial charge in [-0.15, -0.1) is 0 Å². The van der Waals surface area contributed by atoms with Gasteiger partial charge in [0.1, 0.15) is 0 Å². The summed E-state index contributed by atoms with van der Waals surface area (Å²) < 4.78 is 28.9. The molecule has 0 aromatic heterocycles. The molecule has 6 heteroatoms. The molecule has 0 rings (SSSR count). The maximum atomic E-state index is 10.9. The van der Waals surface area contributed by atoms with E-state index >= 15 is 0 Å². The first-order valence-electron chi connectivity index (χ1n) is 3.69. The Hall–Kier alpha value is -0.880. The molecule has 5 nitrogen and oxygen atoms in total. The Morgan fingerprint density at radius 3 is 2.54 bits per heavy atom. The van der Waals surface area contributed by atoms with Crippen LogP contribution < -0.4 is 0 Å². The number of amides is 1. The Labute approximate surface area is 77.8 Å². The van der Waals surface area contributed by atoms with Crippen LogP contribution in [0.3, 0.4) is 0 Å². The highest BCUT2D eigenvalue weighted by Gasteiger charge is 2.07. The predicted molar refractivity (Wildman–Crippen MR) is 48.9 cm³/mol. The molecule has 0 fully saturated rings. The van der Waals surface area contributed by atoms with E-state index in [1.807, 2.05) is 0 Å². The number of hydrogen-bond acceptors (Lipinski definition) is 3. The van der Waals surface area contributed by atoms with E-state index in [0.717, 1.165) is 6.08 Å². The number of carbonyl (C=O) groups excluding carboxylic acids is 1. The number of hydrogen-bond donors (Lipinski definition) is 1. The van der Waals surface area contributed by atoms with Gasteiger partial charge in [0.15, 0.2) is 0 Å². The monoisotopic (exact) mass is 207 g/mol. The van der Waals surface area contributed by atoms with Gasteiger partial charge in [-0.25, -0.2) is 0 Å². The average molecular weight is 207 g/mol. The number of carbonyl (C=O) groups is 1. The van der Waals surface area contributed by atoms with Crippen molar-refractivity contribution in [3.8, 4) is 0 Å². The van der Waals surface area contributed by atoms with E-state index in [1.54, 1.807) is 0 Å². The molecule has 0 unspecified atom stereocenters. The molecule has 1 amide bonds. The molecule has 0 aromatic carbocycles. The topological polar surface area (TPSA) is 74.7 Å². The van der Waals surface area contributed by atoms with Crippen molar-refractivity contribution in [2.24, 2.45) is 0 Å². The average Bonchev–Trinajstić information content (AvgIpc) is 2.00. The highest BCUT2D eigenvalue weighted by molar-refractivity contribution is 7.85. The molecule has 0 saturated heterocycles. The molecule has 1 N–H and O–H groups in total. The summed E-state index contributed by atoms with van der Waals surface area (Å²) in [6.07, 6.45) is 1.36. The summed E-state index contributed by atoms with van der Waals surface area (Å²) in [7, 11) is -2.38. The van der Waals surface area contributed by atoms with E-state index in [4.69, 9.17) is 4.55 Å². The Balaban J connectivity index is 3.78. The van der Waals surface area contributed by atoms with Crippen LogP contribution >= 0.6 is 0 Å². The summed E-state index contributed by atoms with van der Waals surface area (Å²) in [5.41, 5.74) is 0. The van der Waals surface area contributed by atoms with Crippen molar-refractivity contribution in [3.63, 3.8) is 0 Å². The molecular formula is C7H13NO4S. The zero-order valence-corrected chi connectivity index (χ0v) is 8.25. The molecule has 0 aliphatic heterocycles. The Morgan fingerprint density at radius 1 is 1.62 bits per heavy atom. The second kappa shape index (κ2) is 4.98. The zero-order valence-electron chi connectivity index (χ0n) is 7.43. The third-order valence-electron chi connectivity index (χ3n) is 1.45. The van der Waals surface area contributed by atoms with Crippen LogP contribution in [0.1, 0.15) is 6.42 Å². The summed E-state index contributed by atoms with van der Waals surface area (Å²) >= 11 is 0. The molecule has 0 saturated carbocycles. The lowest BCUT2D eigenvalue weighted by molar-refractivity contribution is -0.124. The minimum Gasteiger partial charge on any atom is -0.342 e. The first-order chi connectivity index (χ1) is 5.87. The van der Waals surface area contributed by atoms with E-state index in [-0.39, 0.29) is 24.6 Å². The van der Waals surface area contributed by atoms with Crippen LogP contribution in [0.2, 0.25) is 0 Å². The zero-order chi connectivity index (χ0) is 10.5. The molecule has 0 aliphatic rings. The number of rotatable bonds is 5. The lowest BCUT2D eigenvalue weighted by Gasteiger charge is -2.13. The van der Waals surface area contributed by atoms with Crippen molar-refractivity contribution in [2.75, 3.05) is 19.3 Å². The van der Waals surface area contributed by atoms with Crippen LogP contribution in [0.15, 0.2) is 12.7 Å². The summed E-state index contributed by atoms with van der Waals surface area (Å²) in [6, 6.07) is 0. The standard InChI is InChI=1S/C7H13NO4S/c1-3-7(9)8(2)5-4-6-13(10,11)12/h3H,1,4-6H2,2H3,(H,10,11,12). The van der Waals surface area contributed by atoms with Gasteiger partial charge < -0.3 is 4.90 Å². The normalized spacial score (nSPS) is 10.9. The van der Waals surface area contributed by atoms with Crippen LogP contribution in [0.4, 0.5) is 0 Å². The Kier molecular flexibility index (Phi) is 4.64. The second-order valence-electron chi connectivity index (χ2n) is 2.60. The van der Waals surface area contributed by atoms with Crippen LogP contribution in [-0.2, 0) is 14.9 Å². The molecular weight excluding hydrogens is 194 g/mol. The van der Waals surface area contributed by atoms with Gasteiger partial charge in [0.25, 0.3) is 10.1 Å². The van der Waals surface area contributed by atoms with Crippen LogP contribution in [0, 0.1) is 0 Å². The number of nitrogens with zero attached hydrogens (tertiary/aromatic N) is 1. The molecule has 0 bridgehead atoms. The third kappa shape index (κ3) is 6.30. The van der Waals surface area contributed by atoms with Gasteiger partial charge >= 0.3 is 0 Å². The van der Waals surface area contributed by atoms with Crippen LogP contribution in [0.25, 0.3) is 0 Å². The van der Waals surface area contributed by atoms with E-state index in [9.17, 15) is 13.2 Å². The summed E-state index contributed by atoms with van der Waals surface area (Å²) in [5, 5.41) is 0. The summed E-state index contributed by atoms with van der Waals surface area (Å²) in [4.78, 5) is 12.2. The number of likely N-dealkylation sites (N-methyl/N-ethyl adjacent to an activating group) is 1. The second-order valence-corrected chi connectivity index (χ2v) is 4.18. The molecule has 0 heterocycles. The van der Waals surface area contributed by atoms with Crippen LogP contribution in [0.5, 0.6) is 0 Å². The van der Waals surface area contributed by atoms with Crippen molar-refractivity contribution >= 4 is 16.0 Å². The Bertz CT molecular complexity index is 283. The molecule has 0 atom stereocenters. The molecule has 13 heavy (non-hydrogen) atoms. The summed E-state index contributed by atoms with van der Waals surface area (Å²) in [5.74, 6) is -0.600. The van der Waals surface area contributed by atoms with Gasteiger partial charge in [-0.1, -0.05) is 6.58 Å². The fraction of sp³-hybridized carbons (Fsp3) is 0.571. The van der Waals surface area contributed by atoms with E-state index in [2.05, 4.69) is 6.58 Å². The van der Waals surface area contributed by atoms with Gasteiger partial charge in [-0.05, 0) is 12.5 Å². The Morgan fingerprint density at radius 2 is 2.15 bits per heavy atom. The fourth-order valence-electron chi connectivity index (χ4n) is 0.750. The first-order valence-corrected chi connectivity index (χ1v) is 5.30. The maximum Gasteiger partial charge on any atom is 0.264 e. The third-order valence-corrected chi connectivity index (χ3v) is 2.25. The van der Waals surface area contributed by atoms with Gasteiger partial charge in [-0.3, -0.25) is 9.35 Å².